The third-order valence-corrected chi connectivity index (χ3v) is 7.45. The van der Waals surface area contributed by atoms with E-state index in [1.807, 2.05) is 0 Å². The molecule has 3 atom stereocenters. The molecule has 15 heteroatoms. The Hall–Kier alpha value is -4.98. The first-order chi connectivity index (χ1) is 19.7. The monoisotopic (exact) mass is 578 g/mol. The van der Waals surface area contributed by atoms with Gasteiger partial charge in [-0.25, -0.2) is 9.37 Å². The summed E-state index contributed by atoms with van der Waals surface area (Å²) < 4.78 is 33.2. The molecule has 0 radical (unpaired) electrons. The van der Waals surface area contributed by atoms with Crippen LogP contribution in [-0.4, -0.2) is 40.9 Å². The molecule has 1 aliphatic carbocycles. The van der Waals surface area contributed by atoms with E-state index in [2.05, 4.69) is 25.6 Å². The number of nitrogens with zero attached hydrogens (tertiary/aromatic N) is 8. The topological polar surface area (TPSA) is 170 Å². The molecule has 1 saturated carbocycles. The highest BCUT2D eigenvalue weighted by Crippen LogP contribution is 2.45. The molecule has 1 amide bonds. The van der Waals surface area contributed by atoms with Crippen molar-refractivity contribution in [3.05, 3.63) is 89.0 Å². The molecular formula is C26H21ClF2N10O2. The Bertz CT molecular complexity index is 1780. The summed E-state index contributed by atoms with van der Waals surface area (Å²) in [5.74, 6) is -2.28. The van der Waals surface area contributed by atoms with Gasteiger partial charge in [0.1, 0.15) is 18.2 Å². The molecular weight excluding hydrogens is 558 g/mol. The summed E-state index contributed by atoms with van der Waals surface area (Å²) in [6, 6.07) is 8.33. The Kier molecular flexibility index (Phi) is 6.53. The van der Waals surface area contributed by atoms with Crippen LogP contribution in [-0.2, 0) is 4.79 Å². The number of primary amides is 1. The Balaban J connectivity index is 1.41. The van der Waals surface area contributed by atoms with E-state index in [1.165, 1.54) is 52.4 Å². The molecule has 12 nitrogen and oxygen atoms in total. The number of nitrogen functional groups attached to an aromatic ring is 1. The number of halogens is 3. The summed E-state index contributed by atoms with van der Waals surface area (Å²) in [5.41, 5.74) is 12.5. The van der Waals surface area contributed by atoms with Crippen molar-refractivity contribution in [3.63, 3.8) is 0 Å². The minimum absolute atomic E-state index is 0.0289. The van der Waals surface area contributed by atoms with Gasteiger partial charge in [0.25, 0.3) is 0 Å². The number of rotatable bonds is 8. The summed E-state index contributed by atoms with van der Waals surface area (Å²) in [5, 5.41) is 28.8. The minimum Gasteiger partial charge on any atom is -0.618 e. The van der Waals surface area contributed by atoms with Crippen LogP contribution in [0.5, 0.6) is 0 Å². The Morgan fingerprint density at radius 2 is 2.02 bits per heavy atom. The number of benzene rings is 1. The molecule has 4 heterocycles. The van der Waals surface area contributed by atoms with Gasteiger partial charge in [-0.05, 0) is 59.5 Å². The summed E-state index contributed by atoms with van der Waals surface area (Å²) in [6.45, 7) is 0. The summed E-state index contributed by atoms with van der Waals surface area (Å²) >= 11 is 6.07. The van der Waals surface area contributed by atoms with Crippen LogP contribution in [0.3, 0.4) is 0 Å². The lowest BCUT2D eigenvalue weighted by atomic mass is 10.0. The molecule has 208 valence electrons. The second kappa shape index (κ2) is 10.2. The zero-order valence-corrected chi connectivity index (χ0v) is 21.9. The average Bonchev–Trinajstić information content (AvgIpc) is 3.28. The minimum atomic E-state index is -0.762. The van der Waals surface area contributed by atoms with Crippen LogP contribution in [0.2, 0.25) is 5.02 Å². The molecule has 0 aliphatic heterocycles. The number of anilines is 1. The second-order valence-corrected chi connectivity index (χ2v) is 10.1. The molecule has 1 aromatic carbocycles. The van der Waals surface area contributed by atoms with Gasteiger partial charge in [-0.2, -0.15) is 18.9 Å². The van der Waals surface area contributed by atoms with Crippen LogP contribution < -0.4 is 16.2 Å². The highest BCUT2D eigenvalue weighted by Gasteiger charge is 2.44. The summed E-state index contributed by atoms with van der Waals surface area (Å²) in [6.07, 6.45) is 6.49. The van der Waals surface area contributed by atoms with E-state index in [0.29, 0.717) is 23.1 Å². The third-order valence-electron chi connectivity index (χ3n) is 7.16. The molecule has 0 spiro atoms. The van der Waals surface area contributed by atoms with Crippen molar-refractivity contribution in [2.45, 2.75) is 18.9 Å². The molecule has 41 heavy (non-hydrogen) atoms. The van der Waals surface area contributed by atoms with Gasteiger partial charge in [0.2, 0.25) is 17.5 Å². The van der Waals surface area contributed by atoms with Gasteiger partial charge in [-0.1, -0.05) is 11.6 Å². The largest absolute Gasteiger partial charge is 0.618 e. The summed E-state index contributed by atoms with van der Waals surface area (Å²) in [4.78, 5) is 15.4. The Labute approximate surface area is 235 Å². The van der Waals surface area contributed by atoms with Crippen molar-refractivity contribution in [1.82, 2.24) is 35.0 Å². The molecule has 0 saturated heterocycles. The van der Waals surface area contributed by atoms with Crippen molar-refractivity contribution in [2.75, 3.05) is 5.73 Å². The van der Waals surface area contributed by atoms with E-state index < -0.39 is 23.7 Å². The first kappa shape index (κ1) is 26.3. The molecule has 4 N–H and O–H groups in total. The molecule has 4 aromatic heterocycles. The van der Waals surface area contributed by atoms with Crippen LogP contribution in [0, 0.1) is 28.8 Å². The average molecular weight is 579 g/mol. The van der Waals surface area contributed by atoms with E-state index in [4.69, 9.17) is 23.1 Å². The number of hydrogen-bond donors (Lipinski definition) is 2. The van der Waals surface area contributed by atoms with E-state index in [-0.39, 0.29) is 50.7 Å². The lowest BCUT2D eigenvalue weighted by Gasteiger charge is -2.18. The maximum absolute atomic E-state index is 15.3. The predicted molar refractivity (Wildman–Crippen MR) is 142 cm³/mol. The van der Waals surface area contributed by atoms with E-state index in [9.17, 15) is 14.4 Å². The lowest BCUT2D eigenvalue weighted by Crippen LogP contribution is -2.36. The van der Waals surface area contributed by atoms with Gasteiger partial charge < -0.3 is 16.7 Å². The summed E-state index contributed by atoms with van der Waals surface area (Å²) in [7, 11) is 0. The first-order valence-corrected chi connectivity index (χ1v) is 12.8. The van der Waals surface area contributed by atoms with Crippen LogP contribution in [0.25, 0.3) is 27.9 Å². The smallest absolute Gasteiger partial charge is 0.222 e. The standard InChI is InChI=1S/C26H21ClF2N10O2/c27-18-3-5-20(38-12-32-35-36-38)23(24(18)28)13-1-4-19(39(41)11-13)21(8-14-7-17(14)26(31)40)37-10-15(9-33-37)16-2-6-22(30)34-25(16)29/h1-6,9-12,14,17,21H,7-8H2,(H2,30,34)(H2,31,40)/t14-,17-,21+/m0/s1. The van der Waals surface area contributed by atoms with Gasteiger partial charge >= 0.3 is 0 Å². The van der Waals surface area contributed by atoms with Crippen molar-refractivity contribution < 1.29 is 18.3 Å². The second-order valence-electron chi connectivity index (χ2n) is 9.72. The predicted octanol–water partition coefficient (Wildman–Crippen LogP) is 2.84. The number of nitrogens with two attached hydrogens (primary N) is 2. The molecule has 6 rings (SSSR count). The van der Waals surface area contributed by atoms with Gasteiger partial charge in [-0.15, -0.1) is 5.10 Å². The van der Waals surface area contributed by atoms with E-state index in [1.54, 1.807) is 18.3 Å². The molecule has 1 fully saturated rings. The van der Waals surface area contributed by atoms with Crippen molar-refractivity contribution in [1.29, 1.82) is 0 Å². The molecule has 1 aliphatic rings. The molecule has 0 bridgehead atoms. The number of carbonyl (C=O) groups excluding carboxylic acids is 1. The quantitative estimate of drug-likeness (QED) is 0.161. The Morgan fingerprint density at radius 1 is 1.20 bits per heavy atom. The maximum atomic E-state index is 15.3. The van der Waals surface area contributed by atoms with E-state index >= 15 is 4.39 Å². The first-order valence-electron chi connectivity index (χ1n) is 12.4. The number of aromatic nitrogens is 8. The van der Waals surface area contributed by atoms with Gasteiger partial charge in [0, 0.05) is 29.3 Å². The van der Waals surface area contributed by atoms with Gasteiger partial charge in [0.05, 0.1) is 28.0 Å². The third kappa shape index (κ3) is 4.93. The van der Waals surface area contributed by atoms with Crippen molar-refractivity contribution >= 4 is 23.3 Å². The molecule has 0 unspecified atom stereocenters. The number of carbonyl (C=O) groups is 1. The highest BCUT2D eigenvalue weighted by molar-refractivity contribution is 6.31. The number of amides is 1. The van der Waals surface area contributed by atoms with Gasteiger partial charge in [-0.3, -0.25) is 9.48 Å². The van der Waals surface area contributed by atoms with Crippen molar-refractivity contribution in [2.24, 2.45) is 17.6 Å². The van der Waals surface area contributed by atoms with Crippen LogP contribution in [0.4, 0.5) is 14.6 Å². The SMILES string of the molecule is NC(=O)[C@H]1C[C@H]1C[C@H](c1ccc(-c2c(-n3cnnn3)ccc(Cl)c2F)c[n+]1[O-])n1cc(-c2ccc(N)nc2F)cn1. The fraction of sp³-hybridized carbons (Fsp3) is 0.192. The highest BCUT2D eigenvalue weighted by atomic mass is 35.5. The number of pyridine rings is 2. The number of tetrazole rings is 1. The normalized spacial score (nSPS) is 17.0. The van der Waals surface area contributed by atoms with Crippen LogP contribution in [0.1, 0.15) is 24.6 Å². The Morgan fingerprint density at radius 3 is 2.71 bits per heavy atom. The maximum Gasteiger partial charge on any atom is 0.222 e. The lowest BCUT2D eigenvalue weighted by molar-refractivity contribution is -0.615. The molecule has 5 aromatic rings. The van der Waals surface area contributed by atoms with Crippen molar-refractivity contribution in [3.8, 4) is 27.9 Å². The number of hydrogen-bond acceptors (Lipinski definition) is 8. The van der Waals surface area contributed by atoms with Crippen LogP contribution >= 0.6 is 11.6 Å². The fourth-order valence-electron chi connectivity index (χ4n) is 4.99. The van der Waals surface area contributed by atoms with E-state index in [0.717, 1.165) is 0 Å². The van der Waals surface area contributed by atoms with Gasteiger partial charge in [0.15, 0.2) is 12.0 Å². The fourth-order valence-corrected chi connectivity index (χ4v) is 5.15. The zero-order chi connectivity index (χ0) is 28.8. The van der Waals surface area contributed by atoms with Crippen LogP contribution in [0.15, 0.2) is 61.3 Å². The zero-order valence-electron chi connectivity index (χ0n) is 21.1.